The van der Waals surface area contributed by atoms with Crippen LogP contribution in [0.25, 0.3) is 0 Å². The van der Waals surface area contributed by atoms with Crippen molar-refractivity contribution in [3.8, 4) is 0 Å². The number of aliphatic hydroxyl groups excluding tert-OH is 1. The van der Waals surface area contributed by atoms with Crippen molar-refractivity contribution >= 4 is 22.9 Å². The molecule has 0 spiro atoms. The van der Waals surface area contributed by atoms with Gasteiger partial charge in [-0.2, -0.15) is 0 Å². The standard InChI is InChI=1S/C10H16N2O2S/c11-8-4-7-15-9(8)10(14)12-5-2-1-3-6-13/h4,7,13H,1-3,5-6,11H2,(H,12,14). The summed E-state index contributed by atoms with van der Waals surface area (Å²) in [5.74, 6) is -0.105. The van der Waals surface area contributed by atoms with Crippen molar-refractivity contribution in [2.24, 2.45) is 0 Å². The van der Waals surface area contributed by atoms with E-state index in [1.54, 1.807) is 11.4 Å². The van der Waals surface area contributed by atoms with Crippen LogP contribution in [0, 0.1) is 0 Å². The molecule has 1 rings (SSSR count). The second-order valence-electron chi connectivity index (χ2n) is 3.25. The highest BCUT2D eigenvalue weighted by molar-refractivity contribution is 7.12. The van der Waals surface area contributed by atoms with Crippen LogP contribution in [-0.2, 0) is 0 Å². The van der Waals surface area contributed by atoms with Gasteiger partial charge < -0.3 is 16.2 Å². The number of nitrogens with two attached hydrogens (primary N) is 1. The van der Waals surface area contributed by atoms with Crippen molar-refractivity contribution in [3.05, 3.63) is 16.3 Å². The molecule has 1 amide bonds. The van der Waals surface area contributed by atoms with Crippen molar-refractivity contribution in [2.75, 3.05) is 18.9 Å². The van der Waals surface area contributed by atoms with Crippen LogP contribution in [0.15, 0.2) is 11.4 Å². The highest BCUT2D eigenvalue weighted by Gasteiger charge is 2.09. The lowest BCUT2D eigenvalue weighted by Gasteiger charge is -2.03. The van der Waals surface area contributed by atoms with E-state index >= 15 is 0 Å². The van der Waals surface area contributed by atoms with Crippen molar-refractivity contribution in [2.45, 2.75) is 19.3 Å². The molecule has 0 aliphatic carbocycles. The lowest BCUT2D eigenvalue weighted by atomic mass is 10.2. The zero-order valence-corrected chi connectivity index (χ0v) is 9.35. The number of anilines is 1. The Balaban J connectivity index is 2.22. The van der Waals surface area contributed by atoms with Crippen molar-refractivity contribution in [3.63, 3.8) is 0 Å². The Kier molecular flexibility index (Phi) is 5.14. The molecule has 84 valence electrons. The number of thiophene rings is 1. The number of nitrogen functional groups attached to an aromatic ring is 1. The van der Waals surface area contributed by atoms with Gasteiger partial charge in [-0.3, -0.25) is 4.79 Å². The predicted molar refractivity (Wildman–Crippen MR) is 62.0 cm³/mol. The number of nitrogens with one attached hydrogen (secondary N) is 1. The van der Waals surface area contributed by atoms with Gasteiger partial charge in [0.25, 0.3) is 5.91 Å². The average Bonchev–Trinajstić information content (AvgIpc) is 2.64. The van der Waals surface area contributed by atoms with Crippen molar-refractivity contribution < 1.29 is 9.90 Å². The largest absolute Gasteiger partial charge is 0.397 e. The van der Waals surface area contributed by atoms with Crippen molar-refractivity contribution in [1.29, 1.82) is 0 Å². The first kappa shape index (κ1) is 12.0. The van der Waals surface area contributed by atoms with Crippen LogP contribution in [0.5, 0.6) is 0 Å². The van der Waals surface area contributed by atoms with Gasteiger partial charge in [0, 0.05) is 13.2 Å². The minimum atomic E-state index is -0.105. The second-order valence-corrected chi connectivity index (χ2v) is 4.16. The minimum Gasteiger partial charge on any atom is -0.397 e. The number of amides is 1. The summed E-state index contributed by atoms with van der Waals surface area (Å²) in [5.41, 5.74) is 6.14. The molecular formula is C10H16N2O2S. The molecule has 1 aromatic rings. The maximum absolute atomic E-state index is 11.5. The third-order valence-corrected chi connectivity index (χ3v) is 2.95. The summed E-state index contributed by atoms with van der Waals surface area (Å²) >= 11 is 1.35. The monoisotopic (exact) mass is 228 g/mol. The summed E-state index contributed by atoms with van der Waals surface area (Å²) in [7, 11) is 0. The maximum Gasteiger partial charge on any atom is 0.263 e. The molecule has 0 fully saturated rings. The van der Waals surface area contributed by atoms with Crippen LogP contribution in [0.2, 0.25) is 0 Å². The number of hydrogen-bond donors (Lipinski definition) is 3. The van der Waals surface area contributed by atoms with Gasteiger partial charge in [-0.1, -0.05) is 0 Å². The Morgan fingerprint density at radius 1 is 1.47 bits per heavy atom. The van der Waals surface area contributed by atoms with Gasteiger partial charge in [0.05, 0.1) is 5.69 Å². The molecular weight excluding hydrogens is 212 g/mol. The first-order chi connectivity index (χ1) is 7.25. The zero-order chi connectivity index (χ0) is 11.1. The van der Waals surface area contributed by atoms with Crippen LogP contribution in [0.1, 0.15) is 28.9 Å². The highest BCUT2D eigenvalue weighted by Crippen LogP contribution is 2.18. The molecule has 0 saturated heterocycles. The maximum atomic E-state index is 11.5. The topological polar surface area (TPSA) is 75.4 Å². The smallest absolute Gasteiger partial charge is 0.263 e. The summed E-state index contributed by atoms with van der Waals surface area (Å²) < 4.78 is 0. The number of rotatable bonds is 6. The quantitative estimate of drug-likeness (QED) is 0.641. The Morgan fingerprint density at radius 2 is 2.27 bits per heavy atom. The first-order valence-corrected chi connectivity index (χ1v) is 5.85. The van der Waals surface area contributed by atoms with Crippen LogP contribution >= 0.6 is 11.3 Å². The van der Waals surface area contributed by atoms with E-state index in [2.05, 4.69) is 5.32 Å². The minimum absolute atomic E-state index is 0.105. The molecule has 1 heterocycles. The summed E-state index contributed by atoms with van der Waals surface area (Å²) in [4.78, 5) is 12.1. The first-order valence-electron chi connectivity index (χ1n) is 4.97. The van der Waals surface area contributed by atoms with Crippen molar-refractivity contribution in [1.82, 2.24) is 5.32 Å². The van der Waals surface area contributed by atoms with Gasteiger partial charge in [0.2, 0.25) is 0 Å². The van der Waals surface area contributed by atoms with E-state index in [9.17, 15) is 4.79 Å². The van der Waals surface area contributed by atoms with E-state index in [0.717, 1.165) is 19.3 Å². The molecule has 1 aromatic heterocycles. The third kappa shape index (κ3) is 3.89. The molecule has 4 N–H and O–H groups in total. The van der Waals surface area contributed by atoms with E-state index in [4.69, 9.17) is 10.8 Å². The van der Waals surface area contributed by atoms with Gasteiger partial charge in [-0.25, -0.2) is 0 Å². The molecule has 0 bridgehead atoms. The summed E-state index contributed by atoms with van der Waals surface area (Å²) in [6.07, 6.45) is 2.60. The molecule has 0 radical (unpaired) electrons. The lowest BCUT2D eigenvalue weighted by molar-refractivity contribution is 0.0957. The van der Waals surface area contributed by atoms with Crippen LogP contribution < -0.4 is 11.1 Å². The molecule has 5 heteroatoms. The lowest BCUT2D eigenvalue weighted by Crippen LogP contribution is -2.24. The number of hydrogen-bond acceptors (Lipinski definition) is 4. The van der Waals surface area contributed by atoms with E-state index in [1.165, 1.54) is 11.3 Å². The fraction of sp³-hybridized carbons (Fsp3) is 0.500. The van der Waals surface area contributed by atoms with Gasteiger partial charge >= 0.3 is 0 Å². The molecule has 0 aromatic carbocycles. The molecule has 4 nitrogen and oxygen atoms in total. The van der Waals surface area contributed by atoms with Gasteiger partial charge in [-0.15, -0.1) is 11.3 Å². The summed E-state index contributed by atoms with van der Waals surface area (Å²) in [6, 6.07) is 1.73. The van der Waals surface area contributed by atoms with Crippen LogP contribution in [0.3, 0.4) is 0 Å². The van der Waals surface area contributed by atoms with E-state index < -0.39 is 0 Å². The zero-order valence-electron chi connectivity index (χ0n) is 8.53. The summed E-state index contributed by atoms with van der Waals surface area (Å²) in [6.45, 7) is 0.849. The van der Waals surface area contributed by atoms with Gasteiger partial charge in [0.1, 0.15) is 4.88 Å². The number of aliphatic hydroxyl groups is 1. The van der Waals surface area contributed by atoms with E-state index in [1.807, 2.05) is 0 Å². The summed E-state index contributed by atoms with van der Waals surface area (Å²) in [5, 5.41) is 13.2. The molecule has 0 unspecified atom stereocenters. The highest BCUT2D eigenvalue weighted by atomic mass is 32.1. The molecule has 0 atom stereocenters. The van der Waals surface area contributed by atoms with Crippen LogP contribution in [-0.4, -0.2) is 24.2 Å². The van der Waals surface area contributed by atoms with E-state index in [0.29, 0.717) is 17.1 Å². The fourth-order valence-electron chi connectivity index (χ4n) is 1.20. The van der Waals surface area contributed by atoms with Gasteiger partial charge in [-0.05, 0) is 30.7 Å². The van der Waals surface area contributed by atoms with Gasteiger partial charge in [0.15, 0.2) is 0 Å². The number of carbonyl (C=O) groups is 1. The Bertz CT molecular complexity index is 312. The van der Waals surface area contributed by atoms with Crippen LogP contribution in [0.4, 0.5) is 5.69 Å². The number of unbranched alkanes of at least 4 members (excludes halogenated alkanes) is 2. The Labute approximate surface area is 93.1 Å². The predicted octanol–water partition coefficient (Wildman–Crippen LogP) is 1.22. The Hall–Kier alpha value is -1.07. The molecule has 0 aliphatic rings. The third-order valence-electron chi connectivity index (χ3n) is 2.02. The normalized spacial score (nSPS) is 10.2. The molecule has 15 heavy (non-hydrogen) atoms. The number of carbonyl (C=O) groups excluding carboxylic acids is 1. The van der Waals surface area contributed by atoms with E-state index in [-0.39, 0.29) is 12.5 Å². The SMILES string of the molecule is Nc1ccsc1C(=O)NCCCCCO. The fourth-order valence-corrected chi connectivity index (χ4v) is 1.93. The Morgan fingerprint density at radius 3 is 2.87 bits per heavy atom. The molecule has 0 saturated carbocycles. The second kappa shape index (κ2) is 6.42. The molecule has 0 aliphatic heterocycles. The average molecular weight is 228 g/mol.